The molecule has 3 N–H and O–H groups in total. The summed E-state index contributed by atoms with van der Waals surface area (Å²) in [5.41, 5.74) is 4.93. The summed E-state index contributed by atoms with van der Waals surface area (Å²) in [6.07, 6.45) is 2.83. The van der Waals surface area contributed by atoms with Crippen molar-refractivity contribution in [2.45, 2.75) is 45.4 Å². The van der Waals surface area contributed by atoms with Crippen LogP contribution in [0.2, 0.25) is 0 Å². The van der Waals surface area contributed by atoms with E-state index < -0.39 is 5.97 Å². The van der Waals surface area contributed by atoms with Gasteiger partial charge in [-0.1, -0.05) is 54.6 Å². The molecular weight excluding hydrogens is 494 g/mol. The summed E-state index contributed by atoms with van der Waals surface area (Å²) in [5, 5.41) is 30.9. The number of ether oxygens (including phenoxy) is 2. The Hall–Kier alpha value is -4.14. The van der Waals surface area contributed by atoms with Gasteiger partial charge in [0.05, 0.1) is 36.7 Å². The Kier molecular flexibility index (Phi) is 7.04. The third kappa shape index (κ3) is 4.66. The van der Waals surface area contributed by atoms with E-state index in [1.165, 1.54) is 0 Å². The number of carboxylic acid groups (broad SMARTS) is 1. The molecule has 0 atom stereocenters. The number of carbonyl (C=O) groups is 1. The number of aliphatic hydroxyl groups excluding tert-OH is 1. The van der Waals surface area contributed by atoms with Gasteiger partial charge in [0.25, 0.3) is 0 Å². The van der Waals surface area contributed by atoms with Crippen LogP contribution in [0, 0.1) is 0 Å². The molecule has 0 fully saturated rings. The molecule has 0 saturated carbocycles. The van der Waals surface area contributed by atoms with Gasteiger partial charge in [-0.15, -0.1) is 0 Å². The van der Waals surface area contributed by atoms with Crippen LogP contribution < -0.4 is 4.74 Å². The Morgan fingerprint density at radius 3 is 2.74 bits per heavy atom. The van der Waals surface area contributed by atoms with Crippen molar-refractivity contribution in [1.82, 2.24) is 14.8 Å². The number of aryl methyl sites for hydroxylation is 2. The predicted octanol–water partition coefficient (Wildman–Crippen LogP) is 5.70. The second kappa shape index (κ2) is 10.9. The van der Waals surface area contributed by atoms with E-state index >= 15 is 0 Å². The quantitative estimate of drug-likeness (QED) is 0.235. The van der Waals surface area contributed by atoms with Gasteiger partial charge in [0.1, 0.15) is 11.4 Å². The third-order valence-electron chi connectivity index (χ3n) is 7.47. The molecule has 1 aliphatic heterocycles. The van der Waals surface area contributed by atoms with Gasteiger partial charge in [-0.2, -0.15) is 5.10 Å². The van der Waals surface area contributed by atoms with Crippen LogP contribution in [0.1, 0.15) is 46.7 Å². The van der Waals surface area contributed by atoms with E-state index in [-0.39, 0.29) is 6.61 Å². The monoisotopic (exact) mass is 525 g/mol. The Labute approximate surface area is 225 Å². The number of para-hydroxylation sites is 1. The molecule has 0 amide bonds. The molecule has 0 radical (unpaired) electrons. The van der Waals surface area contributed by atoms with Crippen LogP contribution in [-0.4, -0.2) is 44.2 Å². The number of aromatic amines is 1. The van der Waals surface area contributed by atoms with Gasteiger partial charge >= 0.3 is 5.97 Å². The van der Waals surface area contributed by atoms with Gasteiger partial charge in [0.15, 0.2) is 0 Å². The van der Waals surface area contributed by atoms with Gasteiger partial charge in [-0.25, -0.2) is 4.79 Å². The average molecular weight is 526 g/mol. The number of hydrogen-bond acceptors (Lipinski definition) is 5. The minimum Gasteiger partial charge on any atom is -0.493 e. The summed E-state index contributed by atoms with van der Waals surface area (Å²) in [5.74, 6) is -0.111. The molecule has 0 bridgehead atoms. The van der Waals surface area contributed by atoms with Crippen molar-refractivity contribution in [3.8, 4) is 16.9 Å². The number of hydrogen-bond donors (Lipinski definition) is 3. The number of aromatic nitrogens is 3. The molecule has 0 aliphatic carbocycles. The number of H-pyrrole nitrogens is 1. The second-order valence-electron chi connectivity index (χ2n) is 9.86. The Morgan fingerprint density at radius 1 is 1.05 bits per heavy atom. The number of fused-ring (bicyclic) bond motifs is 3. The lowest BCUT2D eigenvalue weighted by atomic mass is 9.98. The maximum Gasteiger partial charge on any atom is 0.352 e. The fourth-order valence-electron chi connectivity index (χ4n) is 5.76. The molecule has 6 rings (SSSR count). The van der Waals surface area contributed by atoms with E-state index in [2.05, 4.69) is 22.3 Å². The first-order valence-electron chi connectivity index (χ1n) is 13.4. The van der Waals surface area contributed by atoms with Crippen LogP contribution in [-0.2, 0) is 30.9 Å². The molecule has 0 unspecified atom stereocenters. The first-order chi connectivity index (χ1) is 19.2. The molecule has 8 nitrogen and oxygen atoms in total. The molecule has 5 aromatic rings. The molecule has 1 aliphatic rings. The molecule has 0 saturated heterocycles. The lowest BCUT2D eigenvalue weighted by Crippen LogP contribution is -2.12. The van der Waals surface area contributed by atoms with E-state index in [1.807, 2.05) is 53.1 Å². The first-order valence-corrected chi connectivity index (χ1v) is 13.4. The van der Waals surface area contributed by atoms with E-state index in [1.54, 1.807) is 0 Å². The molecule has 200 valence electrons. The van der Waals surface area contributed by atoms with Crippen molar-refractivity contribution in [3.63, 3.8) is 0 Å². The highest BCUT2D eigenvalue weighted by molar-refractivity contribution is 6.04. The second-order valence-corrected chi connectivity index (χ2v) is 9.86. The normalized spacial score (nSPS) is 13.8. The number of aliphatic hydroxyl groups is 1. The highest BCUT2D eigenvalue weighted by Crippen LogP contribution is 2.38. The van der Waals surface area contributed by atoms with Crippen LogP contribution in [0.3, 0.4) is 0 Å². The molecule has 2 aromatic heterocycles. The Balaban J connectivity index is 1.39. The summed E-state index contributed by atoms with van der Waals surface area (Å²) >= 11 is 0. The molecule has 0 spiro atoms. The van der Waals surface area contributed by atoms with Crippen LogP contribution >= 0.6 is 0 Å². The molecule has 3 aromatic carbocycles. The number of nitrogens with zero attached hydrogens (tertiary/aromatic N) is 2. The number of benzene rings is 3. The lowest BCUT2D eigenvalue weighted by molar-refractivity contribution is 0.0683. The maximum atomic E-state index is 12.7. The van der Waals surface area contributed by atoms with Crippen molar-refractivity contribution in [3.05, 3.63) is 83.3 Å². The number of nitrogens with one attached hydrogen (secondary N) is 1. The number of carboxylic acids is 1. The number of aromatic carboxylic acids is 1. The summed E-state index contributed by atoms with van der Waals surface area (Å²) in [6, 6.07) is 20.1. The van der Waals surface area contributed by atoms with Gasteiger partial charge in [0, 0.05) is 35.1 Å². The fourth-order valence-corrected chi connectivity index (χ4v) is 5.76. The van der Waals surface area contributed by atoms with Gasteiger partial charge in [-0.05, 0) is 42.7 Å². The van der Waals surface area contributed by atoms with Crippen molar-refractivity contribution in [2.24, 2.45) is 0 Å². The van der Waals surface area contributed by atoms with E-state index in [0.717, 1.165) is 62.7 Å². The zero-order valence-electron chi connectivity index (χ0n) is 21.7. The summed E-state index contributed by atoms with van der Waals surface area (Å²) in [4.78, 5) is 12.7. The Morgan fingerprint density at radius 2 is 1.87 bits per heavy atom. The summed E-state index contributed by atoms with van der Waals surface area (Å²) in [7, 11) is 0. The van der Waals surface area contributed by atoms with Crippen molar-refractivity contribution >= 4 is 27.6 Å². The maximum absolute atomic E-state index is 12.7. The van der Waals surface area contributed by atoms with Crippen LogP contribution in [0.5, 0.6) is 5.75 Å². The molecule has 8 heteroatoms. The average Bonchev–Trinajstić information content (AvgIpc) is 3.50. The van der Waals surface area contributed by atoms with E-state index in [0.29, 0.717) is 50.6 Å². The predicted molar refractivity (Wildman–Crippen MR) is 149 cm³/mol. The highest BCUT2D eigenvalue weighted by Gasteiger charge is 2.27. The summed E-state index contributed by atoms with van der Waals surface area (Å²) in [6.45, 7) is 1.72. The lowest BCUT2D eigenvalue weighted by Gasteiger charge is -2.12. The zero-order valence-corrected chi connectivity index (χ0v) is 21.7. The SMILES string of the molecule is O=C(O)c1c(CCCOc2cccc3ccccc23)c2cccc3c2n1CCCCOCc1[nH]nc(CO)c1-3. The highest BCUT2D eigenvalue weighted by atomic mass is 16.5. The topological polar surface area (TPSA) is 110 Å². The largest absolute Gasteiger partial charge is 0.493 e. The van der Waals surface area contributed by atoms with Crippen LogP contribution in [0.25, 0.3) is 32.8 Å². The summed E-state index contributed by atoms with van der Waals surface area (Å²) < 4.78 is 14.0. The minimum absolute atomic E-state index is 0.229. The number of rotatable bonds is 7. The molecule has 3 heterocycles. The minimum atomic E-state index is -0.942. The smallest absolute Gasteiger partial charge is 0.352 e. The van der Waals surface area contributed by atoms with Crippen molar-refractivity contribution in [2.75, 3.05) is 13.2 Å². The van der Waals surface area contributed by atoms with Gasteiger partial charge < -0.3 is 24.3 Å². The van der Waals surface area contributed by atoms with Gasteiger partial charge in [-0.3, -0.25) is 5.10 Å². The van der Waals surface area contributed by atoms with E-state index in [4.69, 9.17) is 9.47 Å². The third-order valence-corrected chi connectivity index (χ3v) is 7.47. The first kappa shape index (κ1) is 25.2. The van der Waals surface area contributed by atoms with Gasteiger partial charge in [0.2, 0.25) is 0 Å². The molecule has 39 heavy (non-hydrogen) atoms. The van der Waals surface area contributed by atoms with Crippen molar-refractivity contribution < 1.29 is 24.5 Å². The standard InChI is InChI=1S/C31H31N3O5/c35-18-25-28-24-12-6-11-22-23(13-7-17-39-27-14-5-9-20-8-1-2-10-21(20)27)30(31(36)37)34(29(22)24)15-3-4-16-38-19-26(28)33-32-25/h1-2,5-6,8-12,14,35H,3-4,7,13,15-19H2,(H,32,33)(H,36,37). The van der Waals surface area contributed by atoms with Crippen LogP contribution in [0.4, 0.5) is 0 Å². The Bertz CT molecular complexity index is 1650. The zero-order chi connectivity index (χ0) is 26.8. The van der Waals surface area contributed by atoms with Crippen molar-refractivity contribution in [1.29, 1.82) is 0 Å². The van der Waals surface area contributed by atoms with Crippen LogP contribution in [0.15, 0.2) is 60.7 Å². The van der Waals surface area contributed by atoms with E-state index in [9.17, 15) is 15.0 Å². The molecular formula is C31H31N3O5. The fraction of sp³-hybridized carbons (Fsp3) is 0.290.